The number of pyridine rings is 1. The zero-order valence-electron chi connectivity index (χ0n) is 12.4. The van der Waals surface area contributed by atoms with Crippen molar-refractivity contribution < 1.29 is 0 Å². The van der Waals surface area contributed by atoms with Gasteiger partial charge in [-0.05, 0) is 30.2 Å². The maximum atomic E-state index is 12.5. The van der Waals surface area contributed by atoms with E-state index >= 15 is 0 Å². The first-order valence-corrected chi connectivity index (χ1v) is 8.05. The van der Waals surface area contributed by atoms with E-state index in [1.807, 2.05) is 37.3 Å². The molecule has 4 nitrogen and oxygen atoms in total. The number of nitrogens with zero attached hydrogens (tertiary/aromatic N) is 2. The smallest absolute Gasteiger partial charge is 0.260 e. The Hall–Kier alpha value is -2.79. The van der Waals surface area contributed by atoms with Crippen LogP contribution in [0.4, 0.5) is 0 Å². The van der Waals surface area contributed by atoms with Crippen LogP contribution in [0, 0.1) is 6.92 Å². The second-order valence-corrected chi connectivity index (χ2v) is 6.25. The summed E-state index contributed by atoms with van der Waals surface area (Å²) in [5, 5.41) is 0.673. The van der Waals surface area contributed by atoms with Crippen LogP contribution in [0.2, 0.25) is 0 Å². The van der Waals surface area contributed by atoms with Crippen molar-refractivity contribution in [3.63, 3.8) is 0 Å². The Morgan fingerprint density at radius 2 is 1.74 bits per heavy atom. The van der Waals surface area contributed by atoms with E-state index in [0.29, 0.717) is 11.2 Å². The van der Waals surface area contributed by atoms with Crippen LogP contribution in [0.1, 0.15) is 5.56 Å². The second-order valence-electron chi connectivity index (χ2n) is 5.25. The van der Waals surface area contributed by atoms with Gasteiger partial charge in [-0.15, -0.1) is 11.3 Å². The van der Waals surface area contributed by atoms with Crippen molar-refractivity contribution in [2.24, 2.45) is 0 Å². The number of thiophene rings is 1. The third-order valence-electron chi connectivity index (χ3n) is 3.79. The van der Waals surface area contributed by atoms with Crippen LogP contribution in [-0.2, 0) is 0 Å². The quantitative estimate of drug-likeness (QED) is 0.607. The molecule has 0 atom stereocenters. The van der Waals surface area contributed by atoms with Gasteiger partial charge in [-0.1, -0.05) is 30.3 Å². The Morgan fingerprint density at radius 1 is 1.00 bits per heavy atom. The fraction of sp³-hybridized carbons (Fsp3) is 0.0556. The van der Waals surface area contributed by atoms with E-state index in [0.717, 1.165) is 26.4 Å². The maximum absolute atomic E-state index is 12.5. The highest BCUT2D eigenvalue weighted by Crippen LogP contribution is 2.35. The fourth-order valence-electron chi connectivity index (χ4n) is 2.66. The third-order valence-corrected chi connectivity index (χ3v) is 5.03. The molecule has 0 saturated carbocycles. The summed E-state index contributed by atoms with van der Waals surface area (Å²) in [7, 11) is 0. The molecular formula is C18H13N3OS. The van der Waals surface area contributed by atoms with Gasteiger partial charge in [0.2, 0.25) is 0 Å². The summed E-state index contributed by atoms with van der Waals surface area (Å²) in [6.45, 7) is 1.98. The Balaban J connectivity index is 1.97. The Kier molecular flexibility index (Phi) is 3.28. The molecule has 0 amide bonds. The number of hydrogen-bond acceptors (Lipinski definition) is 4. The van der Waals surface area contributed by atoms with E-state index in [4.69, 9.17) is 0 Å². The molecule has 0 spiro atoms. The van der Waals surface area contributed by atoms with E-state index in [-0.39, 0.29) is 5.56 Å². The predicted octanol–water partition coefficient (Wildman–Crippen LogP) is 4.02. The molecule has 4 aromatic rings. The van der Waals surface area contributed by atoms with Crippen molar-refractivity contribution in [2.75, 3.05) is 0 Å². The Morgan fingerprint density at radius 3 is 2.48 bits per heavy atom. The van der Waals surface area contributed by atoms with Crippen LogP contribution in [0.3, 0.4) is 0 Å². The average Bonchev–Trinajstić information content (AvgIpc) is 2.94. The zero-order chi connectivity index (χ0) is 15.8. The highest BCUT2D eigenvalue weighted by atomic mass is 32.1. The molecule has 3 heterocycles. The molecule has 0 aliphatic rings. The highest BCUT2D eigenvalue weighted by Gasteiger charge is 2.15. The maximum Gasteiger partial charge on any atom is 0.260 e. The lowest BCUT2D eigenvalue weighted by atomic mass is 10.1. The molecule has 1 N–H and O–H groups in total. The summed E-state index contributed by atoms with van der Waals surface area (Å²) >= 11 is 1.55. The van der Waals surface area contributed by atoms with E-state index in [1.54, 1.807) is 23.7 Å². The van der Waals surface area contributed by atoms with Gasteiger partial charge in [-0.3, -0.25) is 9.78 Å². The molecule has 0 bridgehead atoms. The predicted molar refractivity (Wildman–Crippen MR) is 93.6 cm³/mol. The molecule has 23 heavy (non-hydrogen) atoms. The van der Waals surface area contributed by atoms with E-state index in [1.165, 1.54) is 0 Å². The summed E-state index contributed by atoms with van der Waals surface area (Å²) < 4.78 is 0. The van der Waals surface area contributed by atoms with Crippen LogP contribution < -0.4 is 5.56 Å². The lowest BCUT2D eigenvalue weighted by Gasteiger charge is -2.00. The summed E-state index contributed by atoms with van der Waals surface area (Å²) in [5.41, 5.74) is 2.84. The van der Waals surface area contributed by atoms with Gasteiger partial charge < -0.3 is 4.98 Å². The van der Waals surface area contributed by atoms with Crippen molar-refractivity contribution in [3.8, 4) is 21.8 Å². The molecule has 3 aromatic heterocycles. The van der Waals surface area contributed by atoms with Gasteiger partial charge in [0.25, 0.3) is 5.56 Å². The van der Waals surface area contributed by atoms with Gasteiger partial charge in [0, 0.05) is 22.8 Å². The van der Waals surface area contributed by atoms with Crippen LogP contribution in [0.25, 0.3) is 32.0 Å². The van der Waals surface area contributed by atoms with Crippen LogP contribution in [0.15, 0.2) is 59.7 Å². The monoisotopic (exact) mass is 319 g/mol. The molecular weight excluding hydrogens is 306 g/mol. The first-order chi connectivity index (χ1) is 11.2. The standard InChI is InChI=1S/C18H13N3OS/c1-11-14-17(22)20-16(13-7-9-19-10-8-13)21-18(14)23-15(11)12-5-3-2-4-6-12/h2-10H,1H3,(H,20,21,22). The highest BCUT2D eigenvalue weighted by molar-refractivity contribution is 7.22. The largest absolute Gasteiger partial charge is 0.306 e. The summed E-state index contributed by atoms with van der Waals surface area (Å²) in [6, 6.07) is 13.8. The van der Waals surface area contributed by atoms with Gasteiger partial charge in [-0.25, -0.2) is 4.98 Å². The fourth-order valence-corrected chi connectivity index (χ4v) is 3.84. The van der Waals surface area contributed by atoms with Crippen molar-refractivity contribution in [2.45, 2.75) is 6.92 Å². The lowest BCUT2D eigenvalue weighted by molar-refractivity contribution is 1.18. The number of nitrogens with one attached hydrogen (secondary N) is 1. The Bertz CT molecular complexity index is 1040. The SMILES string of the molecule is Cc1c(-c2ccccc2)sc2nc(-c3ccncc3)[nH]c(=O)c12. The van der Waals surface area contributed by atoms with Crippen LogP contribution in [-0.4, -0.2) is 15.0 Å². The number of aromatic amines is 1. The number of H-pyrrole nitrogens is 1. The molecule has 4 rings (SSSR count). The van der Waals surface area contributed by atoms with Gasteiger partial charge in [-0.2, -0.15) is 0 Å². The third kappa shape index (κ3) is 2.35. The van der Waals surface area contributed by atoms with Crippen molar-refractivity contribution in [1.29, 1.82) is 0 Å². The summed E-state index contributed by atoms with van der Waals surface area (Å²) in [5.74, 6) is 0.575. The van der Waals surface area contributed by atoms with Crippen LogP contribution >= 0.6 is 11.3 Å². The average molecular weight is 319 g/mol. The summed E-state index contributed by atoms with van der Waals surface area (Å²) in [6.07, 6.45) is 3.38. The molecule has 1 aromatic carbocycles. The number of aryl methyl sites for hydroxylation is 1. The molecule has 112 valence electrons. The Labute approximate surface area is 136 Å². The van der Waals surface area contributed by atoms with Gasteiger partial charge in [0.15, 0.2) is 0 Å². The normalized spacial score (nSPS) is 11.0. The molecule has 0 unspecified atom stereocenters. The minimum Gasteiger partial charge on any atom is -0.306 e. The number of hydrogen-bond donors (Lipinski definition) is 1. The van der Waals surface area contributed by atoms with E-state index in [9.17, 15) is 4.79 Å². The minimum atomic E-state index is -0.0993. The first kappa shape index (κ1) is 13.8. The molecule has 0 aliphatic carbocycles. The molecule has 0 saturated heterocycles. The molecule has 0 aliphatic heterocycles. The minimum absolute atomic E-state index is 0.0993. The van der Waals surface area contributed by atoms with Crippen molar-refractivity contribution in [1.82, 2.24) is 15.0 Å². The first-order valence-electron chi connectivity index (χ1n) is 7.23. The number of aromatic nitrogens is 3. The zero-order valence-corrected chi connectivity index (χ0v) is 13.2. The lowest BCUT2D eigenvalue weighted by Crippen LogP contribution is -2.09. The van der Waals surface area contributed by atoms with Gasteiger partial charge in [0.1, 0.15) is 10.7 Å². The van der Waals surface area contributed by atoms with Gasteiger partial charge in [0.05, 0.1) is 5.39 Å². The molecule has 5 heteroatoms. The van der Waals surface area contributed by atoms with Crippen molar-refractivity contribution in [3.05, 3.63) is 70.8 Å². The molecule has 0 radical (unpaired) electrons. The van der Waals surface area contributed by atoms with Crippen LogP contribution in [0.5, 0.6) is 0 Å². The summed E-state index contributed by atoms with van der Waals surface area (Å²) in [4.78, 5) is 25.9. The topological polar surface area (TPSA) is 58.6 Å². The van der Waals surface area contributed by atoms with Crippen molar-refractivity contribution >= 4 is 21.6 Å². The van der Waals surface area contributed by atoms with E-state index in [2.05, 4.69) is 27.1 Å². The number of benzene rings is 1. The van der Waals surface area contributed by atoms with Gasteiger partial charge >= 0.3 is 0 Å². The second kappa shape index (κ2) is 5.44. The number of fused-ring (bicyclic) bond motifs is 1. The molecule has 0 fully saturated rings. The van der Waals surface area contributed by atoms with E-state index < -0.39 is 0 Å². The number of rotatable bonds is 2.